The highest BCUT2D eigenvalue weighted by Gasteiger charge is 2.45. The van der Waals surface area contributed by atoms with Crippen molar-refractivity contribution in [3.05, 3.63) is 0 Å². The van der Waals surface area contributed by atoms with E-state index in [1.54, 1.807) is 13.8 Å². The lowest BCUT2D eigenvalue weighted by Gasteiger charge is -2.15. The van der Waals surface area contributed by atoms with E-state index < -0.39 is 18.0 Å². The van der Waals surface area contributed by atoms with E-state index in [1.165, 1.54) is 13.8 Å². The predicted octanol–water partition coefficient (Wildman–Crippen LogP) is 0.684. The lowest BCUT2D eigenvalue weighted by atomic mass is 10.1. The van der Waals surface area contributed by atoms with Gasteiger partial charge >= 0.3 is 0 Å². The number of hydrogen-bond acceptors (Lipinski definition) is 4. The van der Waals surface area contributed by atoms with Crippen LogP contribution in [0.5, 0.6) is 0 Å². The number of Topliss-reactive ketones (excluding diaryl/α,β-unsaturated/α-hetero) is 2. The van der Waals surface area contributed by atoms with Gasteiger partial charge < -0.3 is 9.47 Å². The summed E-state index contributed by atoms with van der Waals surface area (Å²) in [5, 5.41) is 0. The van der Waals surface area contributed by atoms with E-state index in [9.17, 15) is 9.59 Å². The van der Waals surface area contributed by atoms with Crippen molar-refractivity contribution in [3.8, 4) is 0 Å². The summed E-state index contributed by atoms with van der Waals surface area (Å²) in [6.07, 6.45) is -1.49. The van der Waals surface area contributed by atoms with E-state index >= 15 is 0 Å². The van der Waals surface area contributed by atoms with Gasteiger partial charge in [0.2, 0.25) is 0 Å². The van der Waals surface area contributed by atoms with Gasteiger partial charge in [0.25, 0.3) is 0 Å². The number of ketones is 2. The first-order chi connectivity index (χ1) is 5.83. The molecule has 1 aliphatic heterocycles. The Kier molecular flexibility index (Phi) is 2.54. The van der Waals surface area contributed by atoms with Crippen LogP contribution in [-0.2, 0) is 19.1 Å². The molecule has 0 bridgehead atoms. The molecule has 4 heteroatoms. The van der Waals surface area contributed by atoms with Crippen LogP contribution in [0.25, 0.3) is 0 Å². The number of hydrogen-bond donors (Lipinski definition) is 0. The minimum Gasteiger partial charge on any atom is -0.336 e. The third-order valence-electron chi connectivity index (χ3n) is 1.90. The van der Waals surface area contributed by atoms with Gasteiger partial charge in [-0.2, -0.15) is 0 Å². The highest BCUT2D eigenvalue weighted by molar-refractivity contribution is 5.91. The third-order valence-corrected chi connectivity index (χ3v) is 1.90. The Hall–Kier alpha value is -0.740. The Morgan fingerprint density at radius 2 is 1.31 bits per heavy atom. The number of ether oxygens (including phenoxy) is 2. The van der Waals surface area contributed by atoms with Crippen molar-refractivity contribution >= 4 is 11.6 Å². The molecule has 13 heavy (non-hydrogen) atoms. The van der Waals surface area contributed by atoms with Crippen LogP contribution in [0.3, 0.4) is 0 Å². The zero-order valence-corrected chi connectivity index (χ0v) is 8.29. The first kappa shape index (κ1) is 10.3. The maximum atomic E-state index is 11.1. The summed E-state index contributed by atoms with van der Waals surface area (Å²) in [6, 6.07) is 0. The average molecular weight is 186 g/mol. The van der Waals surface area contributed by atoms with Gasteiger partial charge in [0, 0.05) is 0 Å². The summed E-state index contributed by atoms with van der Waals surface area (Å²) in [5.41, 5.74) is 0. The number of carbonyl (C=O) groups is 2. The molecule has 0 aromatic carbocycles. The van der Waals surface area contributed by atoms with Gasteiger partial charge in [0.15, 0.2) is 29.6 Å². The topological polar surface area (TPSA) is 52.6 Å². The standard InChI is InChI=1S/C9H14O4/c1-5(10)7-8(6(2)11)13-9(3,4)12-7/h7-8H,1-4H3. The molecule has 1 aliphatic rings. The Balaban J connectivity index is 2.83. The van der Waals surface area contributed by atoms with Crippen LogP contribution in [0.15, 0.2) is 0 Å². The monoisotopic (exact) mass is 186 g/mol. The van der Waals surface area contributed by atoms with Crippen LogP contribution in [0.4, 0.5) is 0 Å². The smallest absolute Gasteiger partial charge is 0.165 e. The maximum Gasteiger partial charge on any atom is 0.165 e. The molecule has 0 saturated carbocycles. The van der Waals surface area contributed by atoms with E-state index in [0.717, 1.165) is 0 Å². The van der Waals surface area contributed by atoms with Gasteiger partial charge in [0.1, 0.15) is 0 Å². The molecule has 1 saturated heterocycles. The van der Waals surface area contributed by atoms with Crippen molar-refractivity contribution in [2.24, 2.45) is 0 Å². The second kappa shape index (κ2) is 3.20. The summed E-state index contributed by atoms with van der Waals surface area (Å²) < 4.78 is 10.6. The normalized spacial score (nSPS) is 31.7. The second-order valence-corrected chi connectivity index (χ2v) is 3.70. The Bertz CT molecular complexity index is 220. The van der Waals surface area contributed by atoms with E-state index in [1.807, 2.05) is 0 Å². The van der Waals surface area contributed by atoms with Crippen LogP contribution >= 0.6 is 0 Å². The predicted molar refractivity (Wildman–Crippen MR) is 45.2 cm³/mol. The SMILES string of the molecule is CC(=O)C1OC(C)(C)OC1C(C)=O. The molecule has 1 fully saturated rings. The Morgan fingerprint density at radius 1 is 1.00 bits per heavy atom. The molecule has 0 aromatic heterocycles. The first-order valence-electron chi connectivity index (χ1n) is 4.20. The number of rotatable bonds is 2. The molecule has 0 amide bonds. The zero-order chi connectivity index (χ0) is 10.2. The summed E-state index contributed by atoms with van der Waals surface area (Å²) in [6.45, 7) is 6.16. The molecule has 0 radical (unpaired) electrons. The van der Waals surface area contributed by atoms with Crippen molar-refractivity contribution in [1.29, 1.82) is 0 Å². The van der Waals surface area contributed by atoms with Crippen molar-refractivity contribution in [1.82, 2.24) is 0 Å². The molecular formula is C9H14O4. The molecule has 2 atom stereocenters. The van der Waals surface area contributed by atoms with Gasteiger partial charge in [-0.05, 0) is 27.7 Å². The Labute approximate surface area is 77.2 Å². The molecule has 1 rings (SSSR count). The Morgan fingerprint density at radius 3 is 1.54 bits per heavy atom. The second-order valence-electron chi connectivity index (χ2n) is 3.70. The molecule has 0 aromatic rings. The zero-order valence-electron chi connectivity index (χ0n) is 8.29. The lowest BCUT2D eigenvalue weighted by molar-refractivity contribution is -0.157. The fraction of sp³-hybridized carbons (Fsp3) is 0.778. The summed E-state index contributed by atoms with van der Waals surface area (Å²) in [7, 11) is 0. The molecule has 0 spiro atoms. The summed E-state index contributed by atoms with van der Waals surface area (Å²) in [5.74, 6) is -1.19. The van der Waals surface area contributed by atoms with E-state index in [-0.39, 0.29) is 11.6 Å². The average Bonchev–Trinajstić information content (AvgIpc) is 2.26. The fourth-order valence-electron chi connectivity index (χ4n) is 1.36. The molecule has 74 valence electrons. The van der Waals surface area contributed by atoms with Crippen molar-refractivity contribution in [2.75, 3.05) is 0 Å². The quantitative estimate of drug-likeness (QED) is 0.636. The van der Waals surface area contributed by atoms with Crippen LogP contribution < -0.4 is 0 Å². The van der Waals surface area contributed by atoms with Gasteiger partial charge in [-0.15, -0.1) is 0 Å². The van der Waals surface area contributed by atoms with E-state index in [4.69, 9.17) is 9.47 Å². The van der Waals surface area contributed by atoms with Gasteiger partial charge in [-0.3, -0.25) is 9.59 Å². The van der Waals surface area contributed by atoms with Crippen LogP contribution in [0.1, 0.15) is 27.7 Å². The van der Waals surface area contributed by atoms with Crippen LogP contribution in [-0.4, -0.2) is 29.6 Å². The van der Waals surface area contributed by atoms with Crippen LogP contribution in [0.2, 0.25) is 0 Å². The van der Waals surface area contributed by atoms with Gasteiger partial charge in [-0.25, -0.2) is 0 Å². The first-order valence-corrected chi connectivity index (χ1v) is 4.20. The third kappa shape index (κ3) is 2.14. The van der Waals surface area contributed by atoms with Crippen LogP contribution in [0, 0.1) is 0 Å². The highest BCUT2D eigenvalue weighted by atomic mass is 16.8. The molecular weight excluding hydrogens is 172 g/mol. The van der Waals surface area contributed by atoms with E-state index in [0.29, 0.717) is 0 Å². The minimum absolute atomic E-state index is 0.175. The summed E-state index contributed by atoms with van der Waals surface area (Å²) >= 11 is 0. The van der Waals surface area contributed by atoms with Gasteiger partial charge in [-0.1, -0.05) is 0 Å². The fourth-order valence-corrected chi connectivity index (χ4v) is 1.36. The summed E-state index contributed by atoms with van der Waals surface area (Å²) in [4.78, 5) is 22.2. The number of carbonyl (C=O) groups excluding carboxylic acids is 2. The van der Waals surface area contributed by atoms with Crippen molar-refractivity contribution in [2.45, 2.75) is 45.7 Å². The van der Waals surface area contributed by atoms with E-state index in [2.05, 4.69) is 0 Å². The van der Waals surface area contributed by atoms with Crippen molar-refractivity contribution in [3.63, 3.8) is 0 Å². The molecule has 1 heterocycles. The van der Waals surface area contributed by atoms with Gasteiger partial charge in [0.05, 0.1) is 0 Å². The molecule has 2 unspecified atom stereocenters. The van der Waals surface area contributed by atoms with Crippen molar-refractivity contribution < 1.29 is 19.1 Å². The molecule has 4 nitrogen and oxygen atoms in total. The minimum atomic E-state index is -0.841. The largest absolute Gasteiger partial charge is 0.336 e. The highest BCUT2D eigenvalue weighted by Crippen LogP contribution is 2.28. The lowest BCUT2D eigenvalue weighted by Crippen LogP contribution is -2.34. The molecule has 0 N–H and O–H groups in total. The maximum absolute atomic E-state index is 11.1. The molecule has 0 aliphatic carbocycles.